The van der Waals surface area contributed by atoms with Gasteiger partial charge < -0.3 is 10.6 Å². The van der Waals surface area contributed by atoms with Gasteiger partial charge in [0, 0.05) is 11.3 Å². The largest absolute Gasteiger partial charge is 0.425 e. The number of anilines is 1. The van der Waals surface area contributed by atoms with Crippen molar-refractivity contribution >= 4 is 11.4 Å². The van der Waals surface area contributed by atoms with E-state index in [1.165, 1.54) is 6.92 Å². The lowest BCUT2D eigenvalue weighted by Crippen LogP contribution is -2.15. The van der Waals surface area contributed by atoms with Crippen molar-refractivity contribution in [2.75, 3.05) is 12.3 Å². The number of nitrogens with zero attached hydrogens (tertiary/aromatic N) is 1. The molecule has 0 saturated heterocycles. The van der Waals surface area contributed by atoms with Gasteiger partial charge in [-0.15, -0.1) is 0 Å². The molecule has 16 heavy (non-hydrogen) atoms. The molecule has 0 heterocycles. The molecule has 1 aromatic carbocycles. The van der Waals surface area contributed by atoms with E-state index >= 15 is 0 Å². The number of nitrogens with two attached hydrogens (primary N) is 1. The summed E-state index contributed by atoms with van der Waals surface area (Å²) in [4.78, 5) is 4.18. The fourth-order valence-corrected chi connectivity index (χ4v) is 1.08. The zero-order chi connectivity index (χ0) is 12.2. The normalized spacial score (nSPS) is 12.6. The molecule has 0 spiro atoms. The number of oxime groups is 1. The Kier molecular flexibility index (Phi) is 3.76. The smallest absolute Gasteiger partial charge is 0.398 e. The number of benzene rings is 1. The van der Waals surface area contributed by atoms with Crippen LogP contribution in [0.1, 0.15) is 12.5 Å². The van der Waals surface area contributed by atoms with Crippen LogP contribution < -0.4 is 5.73 Å². The second kappa shape index (κ2) is 4.87. The molecule has 0 unspecified atom stereocenters. The molecular formula is C10H11F3N2O. The molecular weight excluding hydrogens is 221 g/mol. The molecule has 0 bridgehead atoms. The van der Waals surface area contributed by atoms with Crippen LogP contribution in [0.4, 0.5) is 18.9 Å². The van der Waals surface area contributed by atoms with E-state index in [1.54, 1.807) is 24.3 Å². The number of nitrogen functional groups attached to an aromatic ring is 1. The van der Waals surface area contributed by atoms with Crippen molar-refractivity contribution in [2.45, 2.75) is 13.1 Å². The van der Waals surface area contributed by atoms with Gasteiger partial charge in [-0.05, 0) is 13.0 Å². The monoisotopic (exact) mass is 232 g/mol. The molecule has 1 aromatic rings. The lowest BCUT2D eigenvalue weighted by atomic mass is 10.1. The predicted molar refractivity (Wildman–Crippen MR) is 55.1 cm³/mol. The summed E-state index contributed by atoms with van der Waals surface area (Å²) in [5.74, 6) is 0. The minimum Gasteiger partial charge on any atom is -0.398 e. The van der Waals surface area contributed by atoms with E-state index in [0.29, 0.717) is 17.0 Å². The Morgan fingerprint density at radius 3 is 2.56 bits per heavy atom. The molecule has 0 aliphatic carbocycles. The molecule has 0 aliphatic heterocycles. The Hall–Kier alpha value is -1.72. The summed E-state index contributed by atoms with van der Waals surface area (Å²) < 4.78 is 35.3. The van der Waals surface area contributed by atoms with Crippen LogP contribution in [0.2, 0.25) is 0 Å². The lowest BCUT2D eigenvalue weighted by molar-refractivity contribution is -0.173. The van der Waals surface area contributed by atoms with Crippen LogP contribution in [0.3, 0.4) is 0 Å². The second-order valence-corrected chi connectivity index (χ2v) is 3.15. The fraction of sp³-hybridized carbons (Fsp3) is 0.300. The van der Waals surface area contributed by atoms with Gasteiger partial charge in [-0.25, -0.2) is 0 Å². The van der Waals surface area contributed by atoms with E-state index in [0.717, 1.165) is 0 Å². The number of alkyl halides is 3. The highest BCUT2D eigenvalue weighted by Gasteiger charge is 2.28. The molecule has 0 fully saturated rings. The third kappa shape index (κ3) is 3.80. The van der Waals surface area contributed by atoms with E-state index in [4.69, 9.17) is 5.73 Å². The van der Waals surface area contributed by atoms with Gasteiger partial charge >= 0.3 is 6.18 Å². The van der Waals surface area contributed by atoms with Gasteiger partial charge in [0.05, 0.1) is 5.71 Å². The van der Waals surface area contributed by atoms with Crippen LogP contribution in [-0.2, 0) is 4.84 Å². The zero-order valence-corrected chi connectivity index (χ0v) is 8.58. The van der Waals surface area contributed by atoms with Crippen LogP contribution >= 0.6 is 0 Å². The van der Waals surface area contributed by atoms with E-state index in [9.17, 15) is 13.2 Å². The van der Waals surface area contributed by atoms with Crippen molar-refractivity contribution in [3.8, 4) is 0 Å². The Morgan fingerprint density at radius 1 is 1.38 bits per heavy atom. The van der Waals surface area contributed by atoms with Crippen LogP contribution in [0.5, 0.6) is 0 Å². The fourth-order valence-electron chi connectivity index (χ4n) is 1.08. The second-order valence-electron chi connectivity index (χ2n) is 3.15. The predicted octanol–water partition coefficient (Wildman–Crippen LogP) is 2.57. The van der Waals surface area contributed by atoms with Gasteiger partial charge in [0.15, 0.2) is 0 Å². The third-order valence-corrected chi connectivity index (χ3v) is 1.78. The highest BCUT2D eigenvalue weighted by molar-refractivity contribution is 6.02. The van der Waals surface area contributed by atoms with Crippen molar-refractivity contribution in [3.63, 3.8) is 0 Å². The van der Waals surface area contributed by atoms with Gasteiger partial charge in [-0.3, -0.25) is 0 Å². The molecule has 0 aliphatic rings. The molecule has 0 aromatic heterocycles. The minimum atomic E-state index is -4.38. The molecule has 0 radical (unpaired) electrons. The first-order valence-electron chi connectivity index (χ1n) is 4.48. The van der Waals surface area contributed by atoms with Crippen molar-refractivity contribution in [3.05, 3.63) is 29.8 Å². The van der Waals surface area contributed by atoms with Crippen LogP contribution in [0.25, 0.3) is 0 Å². The average molecular weight is 232 g/mol. The van der Waals surface area contributed by atoms with Gasteiger partial charge in [0.25, 0.3) is 0 Å². The summed E-state index contributed by atoms with van der Waals surface area (Å²) in [6, 6.07) is 6.74. The maximum Gasteiger partial charge on any atom is 0.425 e. The van der Waals surface area contributed by atoms with Crippen LogP contribution in [0, 0.1) is 0 Å². The van der Waals surface area contributed by atoms with E-state index < -0.39 is 12.8 Å². The van der Waals surface area contributed by atoms with Crippen LogP contribution in [-0.4, -0.2) is 18.5 Å². The first kappa shape index (κ1) is 12.4. The Bertz CT molecular complexity index is 388. The molecule has 6 heteroatoms. The molecule has 3 nitrogen and oxygen atoms in total. The summed E-state index contributed by atoms with van der Waals surface area (Å²) in [5, 5.41) is 3.36. The quantitative estimate of drug-likeness (QED) is 0.494. The standard InChI is InChI=1S/C10H11F3N2O/c1-7(15-16-6-10(11,12)13)8-4-2-3-5-9(8)14/h2-5H,6,14H2,1H3/b15-7+. The minimum absolute atomic E-state index is 0.308. The first-order valence-corrected chi connectivity index (χ1v) is 4.48. The Morgan fingerprint density at radius 2 is 2.00 bits per heavy atom. The number of rotatable bonds is 3. The lowest BCUT2D eigenvalue weighted by Gasteiger charge is -2.06. The zero-order valence-electron chi connectivity index (χ0n) is 8.58. The number of hydrogen-bond acceptors (Lipinski definition) is 3. The molecule has 2 N–H and O–H groups in total. The highest BCUT2D eigenvalue weighted by Crippen LogP contribution is 2.16. The van der Waals surface area contributed by atoms with Gasteiger partial charge in [-0.2, -0.15) is 13.2 Å². The SMILES string of the molecule is C/C(=N\OCC(F)(F)F)c1ccccc1N. The van der Waals surface area contributed by atoms with Crippen molar-refractivity contribution < 1.29 is 18.0 Å². The average Bonchev–Trinajstić information content (AvgIpc) is 2.16. The van der Waals surface area contributed by atoms with Gasteiger partial charge in [0.1, 0.15) is 0 Å². The Labute approximate surface area is 90.7 Å². The van der Waals surface area contributed by atoms with Crippen molar-refractivity contribution in [1.82, 2.24) is 0 Å². The van der Waals surface area contributed by atoms with E-state index in [2.05, 4.69) is 9.99 Å². The summed E-state index contributed by atoms with van der Waals surface area (Å²) in [6.45, 7) is 0.124. The number of hydrogen-bond donors (Lipinski definition) is 1. The molecule has 1 rings (SSSR count). The number of para-hydroxylation sites is 1. The summed E-state index contributed by atoms with van der Waals surface area (Å²) >= 11 is 0. The van der Waals surface area contributed by atoms with Gasteiger partial charge in [-0.1, -0.05) is 23.4 Å². The summed E-state index contributed by atoms with van der Waals surface area (Å²) in [7, 11) is 0. The van der Waals surface area contributed by atoms with E-state index in [-0.39, 0.29) is 0 Å². The van der Waals surface area contributed by atoms with Crippen molar-refractivity contribution in [2.24, 2.45) is 5.16 Å². The highest BCUT2D eigenvalue weighted by atomic mass is 19.4. The van der Waals surface area contributed by atoms with Gasteiger partial charge in [0.2, 0.25) is 6.61 Å². The number of halogens is 3. The first-order chi connectivity index (χ1) is 7.40. The van der Waals surface area contributed by atoms with Crippen molar-refractivity contribution in [1.29, 1.82) is 0 Å². The maximum absolute atomic E-state index is 11.8. The van der Waals surface area contributed by atoms with Crippen LogP contribution in [0.15, 0.2) is 29.4 Å². The molecule has 0 amide bonds. The topological polar surface area (TPSA) is 47.6 Å². The molecule has 88 valence electrons. The molecule has 0 saturated carbocycles. The third-order valence-electron chi connectivity index (χ3n) is 1.78. The van der Waals surface area contributed by atoms with E-state index in [1.807, 2.05) is 0 Å². The summed E-state index contributed by atoms with van der Waals surface area (Å²) in [5.41, 5.74) is 6.93. The molecule has 0 atom stereocenters. The summed E-state index contributed by atoms with van der Waals surface area (Å²) in [6.07, 6.45) is -4.38. The maximum atomic E-state index is 11.8. The Balaban J connectivity index is 2.68.